The number of fused-ring (bicyclic) bond motifs is 1. The van der Waals surface area contributed by atoms with Crippen molar-refractivity contribution in [2.75, 3.05) is 5.32 Å². The Morgan fingerprint density at radius 1 is 1.04 bits per heavy atom. The molecule has 0 bridgehead atoms. The Bertz CT molecular complexity index is 1060. The van der Waals surface area contributed by atoms with Gasteiger partial charge in [-0.1, -0.05) is 48.5 Å². The zero-order valence-electron chi connectivity index (χ0n) is 13.9. The first kappa shape index (κ1) is 15.6. The van der Waals surface area contributed by atoms with Crippen LogP contribution in [0.4, 0.5) is 5.13 Å². The van der Waals surface area contributed by atoms with Crippen molar-refractivity contribution in [3.05, 3.63) is 70.8 Å². The highest BCUT2D eigenvalue weighted by atomic mass is 32.1. The standard InChI is InChI=1S/C20H16N2O2S/c1-12-15-10-6-7-11-16(15)24-18(12)19(23)22-20-21-17(13(2)25-20)14-8-4-3-5-9-14/h3-11H,1-2H3,(H,21,22,23). The molecule has 2 aromatic carbocycles. The van der Waals surface area contributed by atoms with Gasteiger partial charge in [-0.2, -0.15) is 0 Å². The van der Waals surface area contributed by atoms with E-state index in [2.05, 4.69) is 10.3 Å². The predicted octanol–water partition coefficient (Wildman–Crippen LogP) is 5.43. The van der Waals surface area contributed by atoms with Crippen LogP contribution in [-0.4, -0.2) is 10.9 Å². The van der Waals surface area contributed by atoms with Gasteiger partial charge in [0, 0.05) is 21.4 Å². The van der Waals surface area contributed by atoms with Crippen molar-refractivity contribution in [2.24, 2.45) is 0 Å². The molecule has 124 valence electrons. The molecule has 1 N–H and O–H groups in total. The summed E-state index contributed by atoms with van der Waals surface area (Å²) >= 11 is 1.46. The van der Waals surface area contributed by atoms with Gasteiger partial charge in [0.1, 0.15) is 5.58 Å². The first-order valence-electron chi connectivity index (χ1n) is 7.96. The van der Waals surface area contributed by atoms with E-state index in [1.54, 1.807) is 0 Å². The molecule has 0 aliphatic rings. The number of para-hydroxylation sites is 1. The molecule has 5 heteroatoms. The van der Waals surface area contributed by atoms with Crippen LogP contribution in [0.25, 0.3) is 22.2 Å². The van der Waals surface area contributed by atoms with Crippen LogP contribution in [0, 0.1) is 13.8 Å². The molecule has 0 unspecified atom stereocenters. The summed E-state index contributed by atoms with van der Waals surface area (Å²) in [7, 11) is 0. The number of furan rings is 1. The van der Waals surface area contributed by atoms with Gasteiger partial charge in [-0.05, 0) is 19.9 Å². The molecule has 0 aliphatic carbocycles. The van der Waals surface area contributed by atoms with Crippen molar-refractivity contribution in [1.82, 2.24) is 4.98 Å². The molecule has 4 rings (SSSR count). The zero-order chi connectivity index (χ0) is 17.4. The monoisotopic (exact) mass is 348 g/mol. The summed E-state index contributed by atoms with van der Waals surface area (Å²) < 4.78 is 5.72. The minimum Gasteiger partial charge on any atom is -0.451 e. The molecule has 4 nitrogen and oxygen atoms in total. The van der Waals surface area contributed by atoms with Gasteiger partial charge in [-0.3, -0.25) is 10.1 Å². The summed E-state index contributed by atoms with van der Waals surface area (Å²) in [6, 6.07) is 17.6. The lowest BCUT2D eigenvalue weighted by Crippen LogP contribution is -2.11. The van der Waals surface area contributed by atoms with Crippen molar-refractivity contribution in [3.63, 3.8) is 0 Å². The molecular weight excluding hydrogens is 332 g/mol. The predicted molar refractivity (Wildman–Crippen MR) is 101 cm³/mol. The van der Waals surface area contributed by atoms with Crippen LogP contribution < -0.4 is 5.32 Å². The van der Waals surface area contributed by atoms with Crippen LogP contribution >= 0.6 is 11.3 Å². The molecule has 0 saturated carbocycles. The highest BCUT2D eigenvalue weighted by Crippen LogP contribution is 2.31. The number of hydrogen-bond acceptors (Lipinski definition) is 4. The number of nitrogens with one attached hydrogen (secondary N) is 1. The number of thiazole rings is 1. The molecule has 4 aromatic rings. The lowest BCUT2D eigenvalue weighted by atomic mass is 10.1. The molecule has 0 atom stereocenters. The van der Waals surface area contributed by atoms with E-state index in [9.17, 15) is 4.79 Å². The van der Waals surface area contributed by atoms with E-state index in [4.69, 9.17) is 4.42 Å². The maximum Gasteiger partial charge on any atom is 0.293 e. The van der Waals surface area contributed by atoms with E-state index in [0.29, 0.717) is 16.5 Å². The Kier molecular flexibility index (Phi) is 3.86. The summed E-state index contributed by atoms with van der Waals surface area (Å²) in [5.41, 5.74) is 3.48. The molecule has 0 saturated heterocycles. The second-order valence-corrected chi connectivity index (χ2v) is 7.00. The summed E-state index contributed by atoms with van der Waals surface area (Å²) in [4.78, 5) is 18.3. The second-order valence-electron chi connectivity index (χ2n) is 5.80. The number of anilines is 1. The van der Waals surface area contributed by atoms with Gasteiger partial charge in [0.15, 0.2) is 10.9 Å². The molecule has 0 fully saturated rings. The largest absolute Gasteiger partial charge is 0.451 e. The van der Waals surface area contributed by atoms with Crippen molar-refractivity contribution >= 4 is 33.3 Å². The second kappa shape index (κ2) is 6.18. The molecule has 0 spiro atoms. The van der Waals surface area contributed by atoms with Gasteiger partial charge in [0.25, 0.3) is 5.91 Å². The lowest BCUT2D eigenvalue weighted by molar-refractivity contribution is 0.0998. The summed E-state index contributed by atoms with van der Waals surface area (Å²) in [6.45, 7) is 3.89. The quantitative estimate of drug-likeness (QED) is 0.537. The number of aryl methyl sites for hydroxylation is 2. The SMILES string of the molecule is Cc1sc(NC(=O)c2oc3ccccc3c2C)nc1-c1ccccc1. The first-order valence-corrected chi connectivity index (χ1v) is 8.77. The van der Waals surface area contributed by atoms with Crippen LogP contribution in [0.2, 0.25) is 0 Å². The van der Waals surface area contributed by atoms with Gasteiger partial charge < -0.3 is 4.42 Å². The molecule has 2 aromatic heterocycles. The third kappa shape index (κ3) is 2.83. The topological polar surface area (TPSA) is 55.1 Å². The summed E-state index contributed by atoms with van der Waals surface area (Å²) in [6.07, 6.45) is 0. The number of rotatable bonds is 3. The highest BCUT2D eigenvalue weighted by molar-refractivity contribution is 7.16. The third-order valence-electron chi connectivity index (χ3n) is 4.11. The van der Waals surface area contributed by atoms with E-state index in [1.165, 1.54) is 11.3 Å². The molecule has 2 heterocycles. The number of aromatic nitrogens is 1. The van der Waals surface area contributed by atoms with E-state index in [-0.39, 0.29) is 5.91 Å². The van der Waals surface area contributed by atoms with Crippen molar-refractivity contribution in [3.8, 4) is 11.3 Å². The van der Waals surface area contributed by atoms with Gasteiger partial charge in [0.2, 0.25) is 0 Å². The van der Waals surface area contributed by atoms with Crippen molar-refractivity contribution in [1.29, 1.82) is 0 Å². The Morgan fingerprint density at radius 2 is 1.76 bits per heavy atom. The fourth-order valence-corrected chi connectivity index (χ4v) is 3.69. The number of hydrogen-bond donors (Lipinski definition) is 1. The van der Waals surface area contributed by atoms with Crippen LogP contribution in [0.5, 0.6) is 0 Å². The van der Waals surface area contributed by atoms with Crippen molar-refractivity contribution in [2.45, 2.75) is 13.8 Å². The van der Waals surface area contributed by atoms with Crippen LogP contribution in [0.15, 0.2) is 59.0 Å². The van der Waals surface area contributed by atoms with Crippen molar-refractivity contribution < 1.29 is 9.21 Å². The first-order chi connectivity index (χ1) is 12.1. The fraction of sp³-hybridized carbons (Fsp3) is 0.100. The maximum atomic E-state index is 12.6. The van der Waals surface area contributed by atoms with E-state index < -0.39 is 0 Å². The molecule has 1 amide bonds. The third-order valence-corrected chi connectivity index (χ3v) is 5.00. The van der Waals surface area contributed by atoms with Crippen LogP contribution in [-0.2, 0) is 0 Å². The van der Waals surface area contributed by atoms with Gasteiger partial charge in [0.05, 0.1) is 5.69 Å². The molecule has 0 radical (unpaired) electrons. The molecular formula is C20H16N2O2S. The number of benzene rings is 2. The van der Waals surface area contributed by atoms with E-state index in [1.807, 2.05) is 68.4 Å². The molecule has 0 aliphatic heterocycles. The summed E-state index contributed by atoms with van der Waals surface area (Å²) in [5, 5.41) is 4.39. The number of carbonyl (C=O) groups is 1. The average molecular weight is 348 g/mol. The summed E-state index contributed by atoms with van der Waals surface area (Å²) in [5.74, 6) is 0.0531. The van der Waals surface area contributed by atoms with Crippen LogP contribution in [0.3, 0.4) is 0 Å². The van der Waals surface area contributed by atoms with Gasteiger partial charge in [-0.25, -0.2) is 4.98 Å². The highest BCUT2D eigenvalue weighted by Gasteiger charge is 2.19. The Labute approximate surface area is 149 Å². The zero-order valence-corrected chi connectivity index (χ0v) is 14.7. The minimum absolute atomic E-state index is 0.276. The van der Waals surface area contributed by atoms with E-state index >= 15 is 0 Å². The van der Waals surface area contributed by atoms with Crippen LogP contribution in [0.1, 0.15) is 21.0 Å². The lowest BCUT2D eigenvalue weighted by Gasteiger charge is -1.99. The Morgan fingerprint density at radius 3 is 2.52 bits per heavy atom. The van der Waals surface area contributed by atoms with Gasteiger partial charge in [-0.15, -0.1) is 11.3 Å². The van der Waals surface area contributed by atoms with E-state index in [0.717, 1.165) is 27.1 Å². The minimum atomic E-state index is -0.276. The molecule has 25 heavy (non-hydrogen) atoms. The maximum absolute atomic E-state index is 12.6. The van der Waals surface area contributed by atoms with Gasteiger partial charge >= 0.3 is 0 Å². The smallest absolute Gasteiger partial charge is 0.293 e. The normalized spacial score (nSPS) is 11.0. The number of carbonyl (C=O) groups excluding carboxylic acids is 1. The Hall–Kier alpha value is -2.92. The average Bonchev–Trinajstić information content (AvgIpc) is 3.16. The fourth-order valence-electron chi connectivity index (χ4n) is 2.86. The number of amides is 1. The number of nitrogens with zero attached hydrogens (tertiary/aromatic N) is 1. The Balaban J connectivity index is 1.64.